The van der Waals surface area contributed by atoms with Crippen LogP contribution in [-0.2, 0) is 4.79 Å². The van der Waals surface area contributed by atoms with E-state index in [1.165, 1.54) is 0 Å². The maximum Gasteiger partial charge on any atom is 0.133 e. The zero-order chi connectivity index (χ0) is 12.2. The molecule has 5 rings (SSSR count). The van der Waals surface area contributed by atoms with Crippen molar-refractivity contribution in [3.05, 3.63) is 10.1 Å². The first-order chi connectivity index (χ1) is 7.99. The van der Waals surface area contributed by atoms with E-state index in [2.05, 4.69) is 0 Å². The van der Waals surface area contributed by atoms with Gasteiger partial charge < -0.3 is 4.79 Å². The standard InChI is InChI=1S/C12H10Cl4O/c13-8-6-4-1-5-7(6)11(3-17,10(8)15)12(16,2-4)9(5)14/h3-7,9H,1-2H2/t4-,5-,6+,7-,9+,11-,12+/m0/s1. The first kappa shape index (κ1) is 11.4. The summed E-state index contributed by atoms with van der Waals surface area (Å²) in [4.78, 5) is 11.0. The largest absolute Gasteiger partial charge is 0.302 e. The molecule has 0 aromatic heterocycles. The minimum absolute atomic E-state index is 0.138. The third-order valence-corrected chi connectivity index (χ3v) is 8.13. The van der Waals surface area contributed by atoms with E-state index < -0.39 is 10.3 Å². The van der Waals surface area contributed by atoms with Crippen molar-refractivity contribution in [2.75, 3.05) is 0 Å². The van der Waals surface area contributed by atoms with Crippen molar-refractivity contribution in [2.24, 2.45) is 29.1 Å². The first-order valence-electron chi connectivity index (χ1n) is 5.84. The zero-order valence-corrected chi connectivity index (χ0v) is 11.8. The van der Waals surface area contributed by atoms with Gasteiger partial charge in [0.05, 0.1) is 15.7 Å². The molecule has 5 aliphatic carbocycles. The highest BCUT2D eigenvalue weighted by Crippen LogP contribution is 2.80. The molecule has 0 aliphatic heterocycles. The molecule has 0 spiro atoms. The molecule has 4 fully saturated rings. The van der Waals surface area contributed by atoms with Crippen LogP contribution in [0.1, 0.15) is 12.8 Å². The van der Waals surface area contributed by atoms with Gasteiger partial charge in [-0.1, -0.05) is 23.2 Å². The normalized spacial score (nSPS) is 62.7. The third-order valence-electron chi connectivity index (χ3n) is 5.57. The molecular formula is C12H10Cl4O. The highest BCUT2D eigenvalue weighted by atomic mass is 35.5. The molecule has 92 valence electrons. The van der Waals surface area contributed by atoms with Gasteiger partial charge in [-0.25, -0.2) is 0 Å². The predicted molar refractivity (Wildman–Crippen MR) is 68.6 cm³/mol. The fourth-order valence-corrected chi connectivity index (χ4v) is 7.25. The average Bonchev–Trinajstić information content (AvgIpc) is 2.74. The average molecular weight is 312 g/mol. The Bertz CT molecular complexity index is 475. The van der Waals surface area contributed by atoms with Crippen molar-refractivity contribution in [2.45, 2.75) is 23.1 Å². The molecule has 4 saturated carbocycles. The second-order valence-electron chi connectivity index (χ2n) is 5.83. The molecule has 5 aliphatic rings. The topological polar surface area (TPSA) is 17.1 Å². The Morgan fingerprint density at radius 3 is 2.71 bits per heavy atom. The predicted octanol–water partition coefficient (Wildman–Crippen LogP) is 3.75. The summed E-state index contributed by atoms with van der Waals surface area (Å²) >= 11 is 26.0. The van der Waals surface area contributed by atoms with Gasteiger partial charge in [-0.3, -0.25) is 0 Å². The van der Waals surface area contributed by atoms with Crippen molar-refractivity contribution in [1.82, 2.24) is 0 Å². The van der Waals surface area contributed by atoms with Gasteiger partial charge in [-0.2, -0.15) is 0 Å². The Kier molecular flexibility index (Phi) is 2.01. The summed E-state index contributed by atoms with van der Waals surface area (Å²) in [6, 6.07) is 0. The maximum atomic E-state index is 11.8. The fraction of sp³-hybridized carbons (Fsp3) is 0.750. The lowest BCUT2D eigenvalue weighted by atomic mass is 9.64. The number of carbonyl (C=O) groups is 1. The van der Waals surface area contributed by atoms with Crippen molar-refractivity contribution >= 4 is 52.7 Å². The van der Waals surface area contributed by atoms with E-state index in [1.54, 1.807) is 0 Å². The molecule has 0 radical (unpaired) electrons. The highest BCUT2D eigenvalue weighted by Gasteiger charge is 2.81. The number of halogens is 4. The lowest BCUT2D eigenvalue weighted by Crippen LogP contribution is -2.52. The molecule has 6 bridgehead atoms. The fourth-order valence-electron chi connectivity index (χ4n) is 5.11. The van der Waals surface area contributed by atoms with Crippen LogP contribution in [0, 0.1) is 29.1 Å². The number of hydrogen-bond acceptors (Lipinski definition) is 1. The second kappa shape index (κ2) is 3.00. The van der Waals surface area contributed by atoms with E-state index in [9.17, 15) is 4.79 Å². The molecule has 0 saturated heterocycles. The summed E-state index contributed by atoms with van der Waals surface area (Å²) in [7, 11) is 0. The number of alkyl halides is 2. The molecule has 0 N–H and O–H groups in total. The summed E-state index contributed by atoms with van der Waals surface area (Å²) in [5.74, 6) is 1.09. The van der Waals surface area contributed by atoms with Crippen LogP contribution in [0.15, 0.2) is 10.1 Å². The molecule has 0 amide bonds. The molecule has 0 unspecified atom stereocenters. The number of rotatable bonds is 1. The lowest BCUT2D eigenvalue weighted by Gasteiger charge is -2.46. The summed E-state index contributed by atoms with van der Waals surface area (Å²) in [6.07, 6.45) is 2.71. The van der Waals surface area contributed by atoms with E-state index >= 15 is 0 Å². The molecule has 1 nitrogen and oxygen atoms in total. The van der Waals surface area contributed by atoms with Crippen LogP contribution in [0.3, 0.4) is 0 Å². The van der Waals surface area contributed by atoms with Crippen LogP contribution >= 0.6 is 46.4 Å². The summed E-state index contributed by atoms with van der Waals surface area (Å²) in [6.45, 7) is 0. The quantitative estimate of drug-likeness (QED) is 0.532. The van der Waals surface area contributed by atoms with Crippen LogP contribution in [0.4, 0.5) is 0 Å². The molecular weight excluding hydrogens is 302 g/mol. The van der Waals surface area contributed by atoms with E-state index in [1.807, 2.05) is 0 Å². The van der Waals surface area contributed by atoms with Crippen LogP contribution in [0.5, 0.6) is 0 Å². The number of allylic oxidation sites excluding steroid dienone is 2. The monoisotopic (exact) mass is 310 g/mol. The van der Waals surface area contributed by atoms with E-state index in [0.29, 0.717) is 16.0 Å². The number of hydrogen-bond donors (Lipinski definition) is 0. The minimum atomic E-state index is -0.818. The third kappa shape index (κ3) is 0.870. The first-order valence-corrected chi connectivity index (χ1v) is 7.41. The molecule has 7 atom stereocenters. The maximum absolute atomic E-state index is 11.8. The molecule has 0 aromatic rings. The minimum Gasteiger partial charge on any atom is -0.302 e. The van der Waals surface area contributed by atoms with Gasteiger partial charge in [0.1, 0.15) is 6.29 Å². The van der Waals surface area contributed by atoms with Gasteiger partial charge >= 0.3 is 0 Å². The Morgan fingerprint density at radius 1 is 1.35 bits per heavy atom. The van der Waals surface area contributed by atoms with Crippen molar-refractivity contribution in [1.29, 1.82) is 0 Å². The van der Waals surface area contributed by atoms with E-state index in [-0.39, 0.29) is 23.1 Å². The van der Waals surface area contributed by atoms with E-state index in [0.717, 1.165) is 19.1 Å². The smallest absolute Gasteiger partial charge is 0.133 e. The van der Waals surface area contributed by atoms with Gasteiger partial charge in [0.15, 0.2) is 0 Å². The van der Waals surface area contributed by atoms with Crippen LogP contribution in [-0.4, -0.2) is 16.5 Å². The molecule has 0 heterocycles. The second-order valence-corrected chi connectivity index (χ2v) is 7.76. The molecule has 17 heavy (non-hydrogen) atoms. The Hall–Kier alpha value is 0.570. The van der Waals surface area contributed by atoms with Gasteiger partial charge in [-0.05, 0) is 30.6 Å². The summed E-state index contributed by atoms with van der Waals surface area (Å²) in [5.41, 5.74) is -0.818. The van der Waals surface area contributed by atoms with Crippen molar-refractivity contribution in [3.63, 3.8) is 0 Å². The number of aldehydes is 1. The SMILES string of the molecule is O=C[C@@]12C(Cl)=C(Cl)[C@@H]3[C@H]4C[C@@H]([C@@H]31)[C@@H](Cl)[C@]2(Cl)C4. The van der Waals surface area contributed by atoms with Gasteiger partial charge in [0.2, 0.25) is 0 Å². The summed E-state index contributed by atoms with van der Waals surface area (Å²) in [5, 5.41) is 0.969. The molecule has 0 aromatic carbocycles. The van der Waals surface area contributed by atoms with Crippen LogP contribution < -0.4 is 0 Å². The number of carbonyl (C=O) groups excluding carboxylic acids is 1. The van der Waals surface area contributed by atoms with Gasteiger partial charge in [0.25, 0.3) is 0 Å². The van der Waals surface area contributed by atoms with Crippen molar-refractivity contribution in [3.8, 4) is 0 Å². The Balaban J connectivity index is 2.06. The zero-order valence-electron chi connectivity index (χ0n) is 8.80. The summed E-state index contributed by atoms with van der Waals surface area (Å²) < 4.78 is 0. The van der Waals surface area contributed by atoms with Gasteiger partial charge in [0, 0.05) is 16.0 Å². The Morgan fingerprint density at radius 2 is 2.06 bits per heavy atom. The van der Waals surface area contributed by atoms with Gasteiger partial charge in [-0.15, -0.1) is 23.2 Å². The molecule has 5 heteroatoms. The highest BCUT2D eigenvalue weighted by molar-refractivity contribution is 6.44. The van der Waals surface area contributed by atoms with Crippen molar-refractivity contribution < 1.29 is 4.79 Å². The lowest BCUT2D eigenvalue weighted by molar-refractivity contribution is -0.118. The van der Waals surface area contributed by atoms with Crippen LogP contribution in [0.25, 0.3) is 0 Å². The van der Waals surface area contributed by atoms with E-state index in [4.69, 9.17) is 46.4 Å². The Labute approximate surface area is 119 Å². The van der Waals surface area contributed by atoms with Crippen LogP contribution in [0.2, 0.25) is 0 Å².